The summed E-state index contributed by atoms with van der Waals surface area (Å²) in [7, 11) is 6.91. The molecule has 1 aliphatic rings. The van der Waals surface area contributed by atoms with E-state index in [0.29, 0.717) is 36.7 Å². The summed E-state index contributed by atoms with van der Waals surface area (Å²) >= 11 is 0. The van der Waals surface area contributed by atoms with Crippen LogP contribution in [0.4, 0.5) is 10.5 Å². The fourth-order valence-electron chi connectivity index (χ4n) is 3.98. The Labute approximate surface area is 199 Å². The molecule has 2 aromatic carbocycles. The first-order valence-electron chi connectivity index (χ1n) is 11.0. The van der Waals surface area contributed by atoms with Gasteiger partial charge in [-0.25, -0.2) is 4.79 Å². The van der Waals surface area contributed by atoms with Crippen molar-refractivity contribution in [2.75, 3.05) is 46.2 Å². The Kier molecular flexibility index (Phi) is 8.12. The molecule has 0 aliphatic carbocycles. The first kappa shape index (κ1) is 25.0. The molecule has 34 heavy (non-hydrogen) atoms. The number of carbonyl (C=O) groups is 3. The lowest BCUT2D eigenvalue weighted by Crippen LogP contribution is -2.45. The van der Waals surface area contributed by atoms with Gasteiger partial charge >= 0.3 is 12.1 Å². The van der Waals surface area contributed by atoms with Gasteiger partial charge in [0.2, 0.25) is 0 Å². The van der Waals surface area contributed by atoms with Crippen molar-refractivity contribution in [2.24, 2.45) is 0 Å². The summed E-state index contributed by atoms with van der Waals surface area (Å²) in [5.74, 6) is -0.226. The maximum Gasteiger partial charge on any atom is 0.412 e. The van der Waals surface area contributed by atoms with Crippen molar-refractivity contribution in [2.45, 2.75) is 25.4 Å². The van der Waals surface area contributed by atoms with Crippen LogP contribution in [0.15, 0.2) is 42.5 Å². The monoisotopic (exact) mass is 469 g/mol. The number of esters is 1. The van der Waals surface area contributed by atoms with Crippen LogP contribution in [0.3, 0.4) is 0 Å². The smallest absolute Gasteiger partial charge is 0.412 e. The zero-order valence-corrected chi connectivity index (χ0v) is 20.2. The number of hydrogen-bond donors (Lipinski definition) is 1. The van der Waals surface area contributed by atoms with Crippen LogP contribution in [0.2, 0.25) is 0 Å². The van der Waals surface area contributed by atoms with Crippen LogP contribution < -0.4 is 19.7 Å². The predicted octanol–water partition coefficient (Wildman–Crippen LogP) is 2.58. The zero-order chi connectivity index (χ0) is 24.8. The van der Waals surface area contributed by atoms with Crippen LogP contribution in [-0.4, -0.2) is 70.3 Å². The molecule has 2 atom stereocenters. The van der Waals surface area contributed by atoms with Crippen LogP contribution >= 0.6 is 0 Å². The summed E-state index contributed by atoms with van der Waals surface area (Å²) in [5, 5.41) is 2.43. The molecule has 2 amide bonds. The molecule has 182 valence electrons. The Morgan fingerprint density at radius 1 is 1.12 bits per heavy atom. The van der Waals surface area contributed by atoms with Crippen molar-refractivity contribution in [3.63, 3.8) is 0 Å². The minimum absolute atomic E-state index is 0.295. The largest absolute Gasteiger partial charge is 0.497 e. The highest BCUT2D eigenvalue weighted by Crippen LogP contribution is 2.38. The Morgan fingerprint density at radius 3 is 2.38 bits per heavy atom. The fraction of sp³-hybridized carbons (Fsp3) is 0.400. The quantitative estimate of drug-likeness (QED) is 0.623. The fourth-order valence-corrected chi connectivity index (χ4v) is 3.98. The second kappa shape index (κ2) is 11.0. The first-order chi connectivity index (χ1) is 16.2. The molecule has 2 aromatic rings. The summed E-state index contributed by atoms with van der Waals surface area (Å²) in [5.41, 5.74) is 2.34. The van der Waals surface area contributed by atoms with Gasteiger partial charge in [0.1, 0.15) is 11.5 Å². The molecular weight excluding hydrogens is 438 g/mol. The van der Waals surface area contributed by atoms with E-state index in [-0.39, 0.29) is 5.91 Å². The summed E-state index contributed by atoms with van der Waals surface area (Å²) in [6.45, 7) is 2.32. The summed E-state index contributed by atoms with van der Waals surface area (Å²) in [6, 6.07) is 12.5. The third-order valence-corrected chi connectivity index (χ3v) is 5.68. The maximum absolute atomic E-state index is 13.8. The van der Waals surface area contributed by atoms with E-state index in [2.05, 4.69) is 5.32 Å². The summed E-state index contributed by atoms with van der Waals surface area (Å²) < 4.78 is 16.2. The van der Waals surface area contributed by atoms with Crippen LogP contribution in [0.25, 0.3) is 0 Å². The Balaban J connectivity index is 2.11. The number of amides is 2. The SMILES string of the molecule is CNC(=O)Oc1ccc2c(c1)C[C@@H](c1ccc(OC)cc1)[C@@H](OC(C)=O)C(=O)N2CCN(C)C. The molecule has 0 spiro atoms. The lowest BCUT2D eigenvalue weighted by molar-refractivity contribution is -0.154. The van der Waals surface area contributed by atoms with E-state index in [1.165, 1.54) is 14.0 Å². The molecule has 0 unspecified atom stereocenters. The van der Waals surface area contributed by atoms with E-state index in [1.54, 1.807) is 30.2 Å². The molecular formula is C25H31N3O6. The molecule has 1 N–H and O–H groups in total. The molecule has 9 nitrogen and oxygen atoms in total. The van der Waals surface area contributed by atoms with Gasteiger partial charge in [-0.05, 0) is 62.0 Å². The molecule has 0 saturated heterocycles. The van der Waals surface area contributed by atoms with Crippen molar-refractivity contribution in [3.05, 3.63) is 53.6 Å². The molecule has 0 aromatic heterocycles. The van der Waals surface area contributed by atoms with Gasteiger partial charge in [-0.3, -0.25) is 9.59 Å². The van der Waals surface area contributed by atoms with Gasteiger partial charge in [0, 0.05) is 38.7 Å². The molecule has 1 heterocycles. The minimum atomic E-state index is -1.01. The van der Waals surface area contributed by atoms with E-state index in [1.807, 2.05) is 43.3 Å². The number of likely N-dealkylation sites (N-methyl/N-ethyl adjacent to an activating group) is 1. The van der Waals surface area contributed by atoms with E-state index in [4.69, 9.17) is 14.2 Å². The number of fused-ring (bicyclic) bond motifs is 1. The molecule has 0 saturated carbocycles. The summed E-state index contributed by atoms with van der Waals surface area (Å²) in [6.07, 6.45) is -1.20. The van der Waals surface area contributed by atoms with Crippen molar-refractivity contribution in [3.8, 4) is 11.5 Å². The number of carbonyl (C=O) groups excluding carboxylic acids is 3. The number of anilines is 1. The van der Waals surface area contributed by atoms with Gasteiger partial charge in [-0.2, -0.15) is 0 Å². The number of hydrogen-bond acceptors (Lipinski definition) is 7. The molecule has 0 radical (unpaired) electrons. The molecule has 0 bridgehead atoms. The molecule has 3 rings (SSSR count). The molecule has 9 heteroatoms. The number of methoxy groups -OCH3 is 1. The number of ether oxygens (including phenoxy) is 3. The van der Waals surface area contributed by atoms with Crippen molar-refractivity contribution < 1.29 is 28.6 Å². The third kappa shape index (κ3) is 5.85. The van der Waals surface area contributed by atoms with E-state index >= 15 is 0 Å². The van der Waals surface area contributed by atoms with E-state index in [0.717, 1.165) is 11.1 Å². The standard InChI is InChI=1S/C25H31N3O6/c1-16(29)33-23-21(17-6-8-19(32-5)9-7-17)15-18-14-20(34-25(31)26-2)10-11-22(18)28(24(23)30)13-12-27(3)4/h6-11,14,21,23H,12-13,15H2,1-5H3,(H,26,31)/t21-,23+/m0/s1. The van der Waals surface area contributed by atoms with Gasteiger partial charge in [0.25, 0.3) is 5.91 Å². The van der Waals surface area contributed by atoms with Crippen LogP contribution in [0, 0.1) is 0 Å². The van der Waals surface area contributed by atoms with Gasteiger partial charge in [0.15, 0.2) is 6.10 Å². The lowest BCUT2D eigenvalue weighted by atomic mass is 9.87. The Hall–Kier alpha value is -3.59. The average molecular weight is 470 g/mol. The van der Waals surface area contributed by atoms with Crippen LogP contribution in [0.1, 0.15) is 24.0 Å². The van der Waals surface area contributed by atoms with Crippen LogP contribution in [-0.2, 0) is 20.7 Å². The van der Waals surface area contributed by atoms with Crippen molar-refractivity contribution >= 4 is 23.7 Å². The van der Waals surface area contributed by atoms with Gasteiger partial charge in [-0.15, -0.1) is 0 Å². The maximum atomic E-state index is 13.8. The average Bonchev–Trinajstić information content (AvgIpc) is 2.92. The van der Waals surface area contributed by atoms with Crippen LogP contribution in [0.5, 0.6) is 11.5 Å². The number of benzene rings is 2. The zero-order valence-electron chi connectivity index (χ0n) is 20.2. The third-order valence-electron chi connectivity index (χ3n) is 5.68. The minimum Gasteiger partial charge on any atom is -0.497 e. The first-order valence-corrected chi connectivity index (χ1v) is 11.0. The predicted molar refractivity (Wildman–Crippen MR) is 127 cm³/mol. The Morgan fingerprint density at radius 2 is 1.79 bits per heavy atom. The molecule has 0 fully saturated rings. The lowest BCUT2D eigenvalue weighted by Gasteiger charge is -2.29. The molecule has 1 aliphatic heterocycles. The van der Waals surface area contributed by atoms with E-state index < -0.39 is 24.1 Å². The summed E-state index contributed by atoms with van der Waals surface area (Å²) in [4.78, 5) is 41.2. The highest BCUT2D eigenvalue weighted by atomic mass is 16.6. The highest BCUT2D eigenvalue weighted by Gasteiger charge is 2.40. The van der Waals surface area contributed by atoms with E-state index in [9.17, 15) is 14.4 Å². The van der Waals surface area contributed by atoms with Crippen molar-refractivity contribution in [1.82, 2.24) is 10.2 Å². The Bertz CT molecular complexity index is 1040. The second-order valence-corrected chi connectivity index (χ2v) is 8.34. The number of rotatable bonds is 7. The normalized spacial score (nSPS) is 17.6. The van der Waals surface area contributed by atoms with Gasteiger partial charge < -0.3 is 29.3 Å². The highest BCUT2D eigenvalue weighted by molar-refractivity contribution is 6.00. The number of nitrogens with zero attached hydrogens (tertiary/aromatic N) is 2. The number of nitrogens with one attached hydrogen (secondary N) is 1. The van der Waals surface area contributed by atoms with Crippen molar-refractivity contribution in [1.29, 1.82) is 0 Å². The topological polar surface area (TPSA) is 97.4 Å². The second-order valence-electron chi connectivity index (χ2n) is 8.34. The van der Waals surface area contributed by atoms with Gasteiger partial charge in [0.05, 0.1) is 7.11 Å². The van der Waals surface area contributed by atoms with Gasteiger partial charge in [-0.1, -0.05) is 12.1 Å².